The predicted octanol–water partition coefficient (Wildman–Crippen LogP) is 5.48. The fourth-order valence-corrected chi connectivity index (χ4v) is 3.65. The molecule has 3 rings (SSSR count). The Morgan fingerprint density at radius 1 is 1.22 bits per heavy atom. The summed E-state index contributed by atoms with van der Waals surface area (Å²) in [6, 6.07) is 9.20. The second kappa shape index (κ2) is 9.41. The average molecular weight is 527 g/mol. The zero-order valence-electron chi connectivity index (χ0n) is 17.0. The molecular weight excluding hydrogens is 509 g/mol. The first-order chi connectivity index (χ1) is 15.0. The van der Waals surface area contributed by atoms with E-state index in [2.05, 4.69) is 21.2 Å². The molecule has 2 aromatic rings. The highest BCUT2D eigenvalue weighted by molar-refractivity contribution is 9.10. The zero-order valence-corrected chi connectivity index (χ0v) is 19.4. The van der Waals surface area contributed by atoms with Crippen molar-refractivity contribution in [3.63, 3.8) is 0 Å². The predicted molar refractivity (Wildman–Crippen MR) is 122 cm³/mol. The van der Waals surface area contributed by atoms with E-state index in [-0.39, 0.29) is 22.5 Å². The molecule has 32 heavy (non-hydrogen) atoms. The van der Waals surface area contributed by atoms with Crippen molar-refractivity contribution in [3.05, 3.63) is 63.6 Å². The van der Waals surface area contributed by atoms with Crippen molar-refractivity contribution < 1.29 is 27.5 Å². The van der Waals surface area contributed by atoms with E-state index in [1.807, 2.05) is 13.8 Å². The van der Waals surface area contributed by atoms with Gasteiger partial charge in [-0.15, -0.1) is 0 Å². The Morgan fingerprint density at radius 2 is 1.94 bits per heavy atom. The number of rotatable bonds is 5. The topological polar surface area (TPSA) is 58.6 Å². The fraction of sp³-hybridized carbons (Fsp3) is 0.227. The molecule has 2 amide bonds. The van der Waals surface area contributed by atoms with E-state index >= 15 is 0 Å². The quantitative estimate of drug-likeness (QED) is 0.318. The molecule has 0 aromatic heterocycles. The number of alkyl halides is 3. The summed E-state index contributed by atoms with van der Waals surface area (Å²) in [5, 5.41) is 2.06. The van der Waals surface area contributed by atoms with Crippen molar-refractivity contribution in [1.29, 1.82) is 0 Å². The summed E-state index contributed by atoms with van der Waals surface area (Å²) in [6.07, 6.45) is -2.43. The van der Waals surface area contributed by atoms with Crippen LogP contribution in [0.5, 0.6) is 5.75 Å². The molecule has 0 bridgehead atoms. The average Bonchev–Trinajstić information content (AvgIpc) is 2.72. The second-order valence-electron chi connectivity index (χ2n) is 7.03. The molecule has 1 N–H and O–H groups in total. The van der Waals surface area contributed by atoms with Crippen LogP contribution in [0.3, 0.4) is 0 Å². The number of benzene rings is 2. The zero-order chi connectivity index (χ0) is 23.6. The van der Waals surface area contributed by atoms with Crippen LogP contribution in [0.15, 0.2) is 52.5 Å². The molecular formula is C22H18BrF3N2O3S. The summed E-state index contributed by atoms with van der Waals surface area (Å²) in [6.45, 7) is 3.92. The molecule has 1 aliphatic heterocycles. The largest absolute Gasteiger partial charge is 0.490 e. The normalized spacial score (nSPS) is 16.9. The van der Waals surface area contributed by atoms with E-state index in [0.717, 1.165) is 23.5 Å². The summed E-state index contributed by atoms with van der Waals surface area (Å²) in [7, 11) is 0. The van der Waals surface area contributed by atoms with Gasteiger partial charge in [0.1, 0.15) is 11.3 Å². The van der Waals surface area contributed by atoms with Crippen LogP contribution in [-0.4, -0.2) is 23.0 Å². The molecule has 1 aliphatic rings. The lowest BCUT2D eigenvalue weighted by Crippen LogP contribution is -2.54. The van der Waals surface area contributed by atoms with Crippen molar-refractivity contribution in [2.45, 2.75) is 32.5 Å². The van der Waals surface area contributed by atoms with E-state index in [1.165, 1.54) is 18.2 Å². The number of anilines is 1. The SMILES string of the molecule is CC[C@@H](C)Oc1ccc(/C=C2\C(=O)NC(=S)N(c3cccc(C(F)(F)F)c3)C2=O)cc1Br. The van der Waals surface area contributed by atoms with Gasteiger partial charge in [0.15, 0.2) is 5.11 Å². The van der Waals surface area contributed by atoms with Crippen molar-refractivity contribution in [3.8, 4) is 5.75 Å². The van der Waals surface area contributed by atoms with Gasteiger partial charge < -0.3 is 4.74 Å². The van der Waals surface area contributed by atoms with E-state index in [4.69, 9.17) is 17.0 Å². The number of hydrogen-bond acceptors (Lipinski definition) is 4. The van der Waals surface area contributed by atoms with Crippen molar-refractivity contribution in [2.75, 3.05) is 4.90 Å². The molecule has 0 aliphatic carbocycles. The Kier molecular flexibility index (Phi) is 7.04. The molecule has 1 atom stereocenters. The summed E-state index contributed by atoms with van der Waals surface area (Å²) in [4.78, 5) is 26.3. The Hall–Kier alpha value is -2.72. The van der Waals surface area contributed by atoms with Gasteiger partial charge in [-0.25, -0.2) is 0 Å². The third-order valence-electron chi connectivity index (χ3n) is 4.70. The highest BCUT2D eigenvalue weighted by Gasteiger charge is 2.36. The van der Waals surface area contributed by atoms with E-state index in [0.29, 0.717) is 15.8 Å². The minimum atomic E-state index is -4.59. The molecule has 5 nitrogen and oxygen atoms in total. The van der Waals surface area contributed by atoms with Crippen molar-refractivity contribution in [1.82, 2.24) is 5.32 Å². The maximum Gasteiger partial charge on any atom is 0.416 e. The smallest absolute Gasteiger partial charge is 0.416 e. The Bertz CT molecular complexity index is 1120. The molecule has 168 valence electrons. The van der Waals surface area contributed by atoms with Crippen LogP contribution in [0.2, 0.25) is 0 Å². The minimum absolute atomic E-state index is 0.00300. The van der Waals surface area contributed by atoms with Crippen LogP contribution >= 0.6 is 28.1 Å². The molecule has 0 saturated carbocycles. The molecule has 1 saturated heterocycles. The Labute approximate surface area is 196 Å². The van der Waals surface area contributed by atoms with Crippen LogP contribution in [0.1, 0.15) is 31.4 Å². The lowest BCUT2D eigenvalue weighted by Gasteiger charge is -2.29. The minimum Gasteiger partial charge on any atom is -0.490 e. The molecule has 10 heteroatoms. The molecule has 0 unspecified atom stereocenters. The number of nitrogens with zero attached hydrogens (tertiary/aromatic N) is 1. The summed E-state index contributed by atoms with van der Waals surface area (Å²) in [5.41, 5.74) is -0.782. The lowest BCUT2D eigenvalue weighted by atomic mass is 10.1. The number of carbonyl (C=O) groups is 2. The fourth-order valence-electron chi connectivity index (χ4n) is 2.88. The van der Waals surface area contributed by atoms with E-state index < -0.39 is 23.6 Å². The lowest BCUT2D eigenvalue weighted by molar-refractivity contribution is -0.137. The summed E-state index contributed by atoms with van der Waals surface area (Å²) < 4.78 is 45.7. The highest BCUT2D eigenvalue weighted by atomic mass is 79.9. The van der Waals surface area contributed by atoms with E-state index in [9.17, 15) is 22.8 Å². The standard InChI is InChI=1S/C22H18BrF3N2O3S/c1-3-12(2)31-18-8-7-13(10-17(18)23)9-16-19(29)27-21(32)28(20(16)30)15-6-4-5-14(11-15)22(24,25)26/h4-12H,3H2,1-2H3,(H,27,29,32)/b16-9+/t12-/m1/s1. The maximum atomic E-state index is 13.1. The molecule has 1 heterocycles. The number of halogens is 4. The number of ether oxygens (including phenoxy) is 1. The molecule has 0 radical (unpaired) electrons. The van der Waals surface area contributed by atoms with Gasteiger partial charge in [-0.2, -0.15) is 13.2 Å². The third-order valence-corrected chi connectivity index (χ3v) is 5.61. The van der Waals surface area contributed by atoms with Crippen LogP contribution in [0.25, 0.3) is 6.08 Å². The molecule has 2 aromatic carbocycles. The first-order valence-corrected chi connectivity index (χ1v) is 10.8. The number of nitrogens with one attached hydrogen (secondary N) is 1. The monoisotopic (exact) mass is 526 g/mol. The van der Waals surface area contributed by atoms with Gasteiger partial charge in [0, 0.05) is 0 Å². The van der Waals surface area contributed by atoms with Crippen LogP contribution in [0.4, 0.5) is 18.9 Å². The van der Waals surface area contributed by atoms with Crippen LogP contribution in [-0.2, 0) is 15.8 Å². The summed E-state index contributed by atoms with van der Waals surface area (Å²) in [5.74, 6) is -0.957. The molecule has 1 fully saturated rings. The van der Waals surface area contributed by atoms with Gasteiger partial charge in [-0.05, 0) is 83.5 Å². The highest BCUT2D eigenvalue weighted by Crippen LogP contribution is 2.33. The van der Waals surface area contributed by atoms with Gasteiger partial charge >= 0.3 is 6.18 Å². The first kappa shape index (κ1) is 23.9. The molecule has 0 spiro atoms. The van der Waals surface area contributed by atoms with Crippen LogP contribution in [0, 0.1) is 0 Å². The van der Waals surface area contributed by atoms with Crippen LogP contribution < -0.4 is 15.0 Å². The number of carbonyl (C=O) groups excluding carboxylic acids is 2. The van der Waals surface area contributed by atoms with E-state index in [1.54, 1.807) is 18.2 Å². The first-order valence-electron chi connectivity index (χ1n) is 9.56. The van der Waals surface area contributed by atoms with Gasteiger partial charge in [-0.1, -0.05) is 19.1 Å². The Balaban J connectivity index is 1.95. The number of hydrogen-bond donors (Lipinski definition) is 1. The second-order valence-corrected chi connectivity index (χ2v) is 8.27. The van der Waals surface area contributed by atoms with Gasteiger partial charge in [0.25, 0.3) is 11.8 Å². The maximum absolute atomic E-state index is 13.1. The van der Waals surface area contributed by atoms with Gasteiger partial charge in [-0.3, -0.25) is 19.8 Å². The number of thiocarbonyl (C=S) groups is 1. The number of amides is 2. The van der Waals surface area contributed by atoms with Crippen molar-refractivity contribution >= 4 is 56.8 Å². The van der Waals surface area contributed by atoms with Gasteiger partial charge in [0.05, 0.1) is 21.8 Å². The Morgan fingerprint density at radius 3 is 2.56 bits per heavy atom. The third kappa shape index (κ3) is 5.18. The van der Waals surface area contributed by atoms with Gasteiger partial charge in [0.2, 0.25) is 0 Å². The van der Waals surface area contributed by atoms with Crippen molar-refractivity contribution in [2.24, 2.45) is 0 Å². The summed E-state index contributed by atoms with van der Waals surface area (Å²) >= 11 is 8.45.